The van der Waals surface area contributed by atoms with Crippen LogP contribution in [0.1, 0.15) is 49.9 Å². The van der Waals surface area contributed by atoms with Crippen LogP contribution in [0, 0.1) is 11.2 Å². The number of primary amides is 1. The largest absolute Gasteiger partial charge is 0.398 e. The zero-order valence-electron chi connectivity index (χ0n) is 12.9. The molecule has 2 rings (SSSR count). The molecule has 1 fully saturated rings. The normalized spacial score (nSPS) is 18.5. The third-order valence-corrected chi connectivity index (χ3v) is 4.62. The molecule has 0 radical (unpaired) electrons. The van der Waals surface area contributed by atoms with Gasteiger partial charge in [-0.3, -0.25) is 4.79 Å². The Kier molecular flexibility index (Phi) is 4.12. The van der Waals surface area contributed by atoms with Crippen molar-refractivity contribution in [2.75, 3.05) is 17.7 Å². The van der Waals surface area contributed by atoms with E-state index in [9.17, 15) is 9.18 Å². The molecule has 0 bridgehead atoms. The monoisotopic (exact) mass is 293 g/mol. The molecule has 1 aliphatic rings. The summed E-state index contributed by atoms with van der Waals surface area (Å²) in [4.78, 5) is 13.3. The average molecular weight is 293 g/mol. The van der Waals surface area contributed by atoms with Crippen molar-refractivity contribution in [3.63, 3.8) is 0 Å². The van der Waals surface area contributed by atoms with Crippen molar-refractivity contribution in [2.24, 2.45) is 11.1 Å². The number of carbonyl (C=O) groups excluding carboxylic acids is 1. The van der Waals surface area contributed by atoms with Gasteiger partial charge in [0.2, 0.25) is 0 Å². The second-order valence-corrected chi connectivity index (χ2v) is 6.76. The van der Waals surface area contributed by atoms with E-state index in [1.54, 1.807) is 0 Å². The van der Waals surface area contributed by atoms with Gasteiger partial charge in [-0.1, -0.05) is 13.8 Å². The standard InChI is InChI=1S/C16H24FN3O/c1-16(2)6-4-10(5-7-16)20(3)14-8-11(15(19)21)13(18)9-12(14)17/h8-10H,4-7,18H2,1-3H3,(H2,19,21). The Hall–Kier alpha value is -1.78. The van der Waals surface area contributed by atoms with Crippen molar-refractivity contribution in [3.05, 3.63) is 23.5 Å². The summed E-state index contributed by atoms with van der Waals surface area (Å²) in [6, 6.07) is 2.92. The van der Waals surface area contributed by atoms with Gasteiger partial charge in [0.25, 0.3) is 5.91 Å². The maximum absolute atomic E-state index is 14.2. The molecule has 0 saturated heterocycles. The van der Waals surface area contributed by atoms with Gasteiger partial charge in [0.15, 0.2) is 0 Å². The smallest absolute Gasteiger partial charge is 0.250 e. The van der Waals surface area contributed by atoms with Crippen LogP contribution in [0.15, 0.2) is 12.1 Å². The predicted molar refractivity (Wildman–Crippen MR) is 83.8 cm³/mol. The van der Waals surface area contributed by atoms with Gasteiger partial charge in [0.1, 0.15) is 5.82 Å². The topological polar surface area (TPSA) is 72.3 Å². The van der Waals surface area contributed by atoms with E-state index < -0.39 is 11.7 Å². The number of anilines is 2. The van der Waals surface area contributed by atoms with E-state index in [0.717, 1.165) is 25.7 Å². The Balaban J connectivity index is 2.25. The van der Waals surface area contributed by atoms with E-state index in [2.05, 4.69) is 13.8 Å². The highest BCUT2D eigenvalue weighted by molar-refractivity contribution is 5.99. The molecule has 4 nitrogen and oxygen atoms in total. The number of carbonyl (C=O) groups is 1. The van der Waals surface area contributed by atoms with Crippen molar-refractivity contribution in [2.45, 2.75) is 45.6 Å². The van der Waals surface area contributed by atoms with Crippen molar-refractivity contribution in [1.29, 1.82) is 0 Å². The molecule has 1 aromatic carbocycles. The average Bonchev–Trinajstić information content (AvgIpc) is 2.37. The maximum atomic E-state index is 14.2. The van der Waals surface area contributed by atoms with Crippen molar-refractivity contribution in [3.8, 4) is 0 Å². The number of hydrogen-bond acceptors (Lipinski definition) is 3. The van der Waals surface area contributed by atoms with Crippen LogP contribution >= 0.6 is 0 Å². The fourth-order valence-corrected chi connectivity index (χ4v) is 3.03. The van der Waals surface area contributed by atoms with Crippen LogP contribution in [-0.4, -0.2) is 19.0 Å². The summed E-state index contributed by atoms with van der Waals surface area (Å²) in [5, 5.41) is 0. The number of hydrogen-bond donors (Lipinski definition) is 2. The number of benzene rings is 1. The second-order valence-electron chi connectivity index (χ2n) is 6.76. The quantitative estimate of drug-likeness (QED) is 0.842. The minimum absolute atomic E-state index is 0.0851. The third-order valence-electron chi connectivity index (χ3n) is 4.62. The zero-order valence-corrected chi connectivity index (χ0v) is 12.9. The summed E-state index contributed by atoms with van der Waals surface area (Å²) < 4.78 is 14.2. The molecule has 0 spiro atoms. The summed E-state index contributed by atoms with van der Waals surface area (Å²) in [5.41, 5.74) is 11.9. The Bertz CT molecular complexity index is 547. The summed E-state index contributed by atoms with van der Waals surface area (Å²) in [5.74, 6) is -1.04. The lowest BCUT2D eigenvalue weighted by molar-refractivity contribution is 0.100. The molecule has 4 N–H and O–H groups in total. The molecule has 1 aliphatic carbocycles. The van der Waals surface area contributed by atoms with Crippen LogP contribution in [0.5, 0.6) is 0 Å². The lowest BCUT2D eigenvalue weighted by atomic mass is 9.75. The van der Waals surface area contributed by atoms with Gasteiger partial charge in [0.05, 0.1) is 11.3 Å². The fraction of sp³-hybridized carbons (Fsp3) is 0.562. The van der Waals surface area contributed by atoms with Crippen LogP contribution < -0.4 is 16.4 Å². The van der Waals surface area contributed by atoms with E-state index in [1.165, 1.54) is 12.1 Å². The highest BCUT2D eigenvalue weighted by atomic mass is 19.1. The first-order valence-corrected chi connectivity index (χ1v) is 7.33. The minimum atomic E-state index is -0.632. The maximum Gasteiger partial charge on any atom is 0.250 e. The van der Waals surface area contributed by atoms with Crippen LogP contribution in [0.2, 0.25) is 0 Å². The number of nitrogen functional groups attached to an aromatic ring is 1. The molecule has 1 amide bonds. The molecule has 0 heterocycles. The minimum Gasteiger partial charge on any atom is -0.398 e. The number of nitrogens with zero attached hydrogens (tertiary/aromatic N) is 1. The molecule has 1 saturated carbocycles. The highest BCUT2D eigenvalue weighted by Crippen LogP contribution is 2.38. The first-order chi connectivity index (χ1) is 9.71. The summed E-state index contributed by atoms with van der Waals surface area (Å²) in [6.45, 7) is 4.52. The lowest BCUT2D eigenvalue weighted by Gasteiger charge is -2.39. The first kappa shape index (κ1) is 15.6. The van der Waals surface area contributed by atoms with E-state index in [-0.39, 0.29) is 17.3 Å². The molecule has 0 aliphatic heterocycles. The zero-order chi connectivity index (χ0) is 15.8. The van der Waals surface area contributed by atoms with E-state index in [0.29, 0.717) is 11.1 Å². The highest BCUT2D eigenvalue weighted by Gasteiger charge is 2.30. The summed E-state index contributed by atoms with van der Waals surface area (Å²) in [7, 11) is 1.86. The van der Waals surface area contributed by atoms with Crippen molar-refractivity contribution >= 4 is 17.3 Å². The summed E-state index contributed by atoms with van der Waals surface area (Å²) in [6.07, 6.45) is 4.25. The lowest BCUT2D eigenvalue weighted by Crippen LogP contribution is -2.37. The third kappa shape index (κ3) is 3.28. The van der Waals surface area contributed by atoms with Gasteiger partial charge < -0.3 is 16.4 Å². The van der Waals surface area contributed by atoms with Crippen LogP contribution in [-0.2, 0) is 0 Å². The molecule has 0 unspecified atom stereocenters. The Morgan fingerprint density at radius 2 is 1.90 bits per heavy atom. The Morgan fingerprint density at radius 3 is 2.43 bits per heavy atom. The summed E-state index contributed by atoms with van der Waals surface area (Å²) >= 11 is 0. The first-order valence-electron chi connectivity index (χ1n) is 7.33. The SMILES string of the molecule is CN(c1cc(C(N)=O)c(N)cc1F)C1CCC(C)(C)CC1. The second kappa shape index (κ2) is 5.54. The van der Waals surface area contributed by atoms with Crippen molar-refractivity contribution in [1.82, 2.24) is 0 Å². The molecule has 0 aromatic heterocycles. The van der Waals surface area contributed by atoms with E-state index in [4.69, 9.17) is 11.5 Å². The predicted octanol–water partition coefficient (Wildman–Crippen LogP) is 2.91. The van der Waals surface area contributed by atoms with Crippen molar-refractivity contribution < 1.29 is 9.18 Å². The molecule has 1 aromatic rings. The molecule has 5 heteroatoms. The molecular weight excluding hydrogens is 269 g/mol. The molecule has 0 atom stereocenters. The van der Waals surface area contributed by atoms with Crippen LogP contribution in [0.3, 0.4) is 0 Å². The number of rotatable bonds is 3. The number of amides is 1. The van der Waals surface area contributed by atoms with Gasteiger partial charge in [-0.05, 0) is 43.2 Å². The molecule has 21 heavy (non-hydrogen) atoms. The van der Waals surface area contributed by atoms with E-state index >= 15 is 0 Å². The van der Waals surface area contributed by atoms with Crippen LogP contribution in [0.25, 0.3) is 0 Å². The Labute approximate surface area is 125 Å². The van der Waals surface area contributed by atoms with Gasteiger partial charge in [-0.2, -0.15) is 0 Å². The van der Waals surface area contributed by atoms with E-state index in [1.807, 2.05) is 11.9 Å². The number of halogens is 1. The molecular formula is C16H24FN3O. The van der Waals surface area contributed by atoms with Gasteiger partial charge in [-0.25, -0.2) is 4.39 Å². The molecule has 116 valence electrons. The van der Waals surface area contributed by atoms with Gasteiger partial charge in [0, 0.05) is 18.8 Å². The van der Waals surface area contributed by atoms with Gasteiger partial charge in [-0.15, -0.1) is 0 Å². The fourth-order valence-electron chi connectivity index (χ4n) is 3.03. The van der Waals surface area contributed by atoms with Crippen LogP contribution in [0.4, 0.5) is 15.8 Å². The Morgan fingerprint density at radius 1 is 1.33 bits per heavy atom. The van der Waals surface area contributed by atoms with Gasteiger partial charge >= 0.3 is 0 Å². The number of nitrogens with two attached hydrogens (primary N) is 2.